The fourth-order valence-corrected chi connectivity index (χ4v) is 2.69. The van der Waals surface area contributed by atoms with Gasteiger partial charge in [0, 0.05) is 25.2 Å². The fourth-order valence-electron chi connectivity index (χ4n) is 2.49. The zero-order chi connectivity index (χ0) is 14.0. The molecule has 0 aliphatic carbocycles. The van der Waals surface area contributed by atoms with E-state index in [-0.39, 0.29) is 11.9 Å². The van der Waals surface area contributed by atoms with Crippen LogP contribution in [-0.2, 0) is 0 Å². The summed E-state index contributed by atoms with van der Waals surface area (Å²) in [6.07, 6.45) is 2.24. The van der Waals surface area contributed by atoms with Crippen molar-refractivity contribution in [3.63, 3.8) is 0 Å². The predicted molar refractivity (Wildman–Crippen MR) is 77.7 cm³/mol. The molecule has 1 amide bonds. The molecule has 0 aromatic carbocycles. The molecule has 0 bridgehead atoms. The number of carbonyl (C=O) groups is 1. The lowest BCUT2D eigenvalue weighted by Crippen LogP contribution is -2.44. The monoisotopic (exact) mass is 281 g/mol. The summed E-state index contributed by atoms with van der Waals surface area (Å²) in [6, 6.07) is 3.67. The summed E-state index contributed by atoms with van der Waals surface area (Å²) in [5.41, 5.74) is 0.602. The van der Waals surface area contributed by atoms with Crippen molar-refractivity contribution in [2.75, 3.05) is 18.9 Å². The molecule has 0 radical (unpaired) electrons. The maximum absolute atomic E-state index is 12.6. The first-order chi connectivity index (χ1) is 9.01. The van der Waals surface area contributed by atoms with Crippen LogP contribution in [0.2, 0.25) is 5.15 Å². The number of anilines is 1. The molecule has 1 aliphatic heterocycles. The Kier molecular flexibility index (Phi) is 4.30. The molecule has 1 N–H and O–H groups in total. The van der Waals surface area contributed by atoms with Crippen molar-refractivity contribution >= 4 is 23.3 Å². The minimum atomic E-state index is 0.0415. The van der Waals surface area contributed by atoms with Crippen molar-refractivity contribution in [1.29, 1.82) is 0 Å². The van der Waals surface area contributed by atoms with Crippen LogP contribution in [0.25, 0.3) is 0 Å². The number of piperidine rings is 1. The number of likely N-dealkylation sites (tertiary alicyclic amines) is 1. The average Bonchev–Trinajstić information content (AvgIpc) is 2.40. The highest BCUT2D eigenvalue weighted by Gasteiger charge is 2.28. The van der Waals surface area contributed by atoms with E-state index in [0.717, 1.165) is 13.0 Å². The highest BCUT2D eigenvalue weighted by atomic mass is 35.5. The number of nitrogens with zero attached hydrogens (tertiary/aromatic N) is 2. The van der Waals surface area contributed by atoms with Crippen LogP contribution in [-0.4, -0.2) is 35.4 Å². The SMILES string of the molecule is CNc1cc(C(=O)N2CC(C)CCC2C)cc(Cl)n1. The number of rotatable bonds is 2. The van der Waals surface area contributed by atoms with Gasteiger partial charge >= 0.3 is 0 Å². The van der Waals surface area contributed by atoms with Gasteiger partial charge in [0.15, 0.2) is 0 Å². The van der Waals surface area contributed by atoms with Crippen LogP contribution in [0, 0.1) is 5.92 Å². The second-order valence-electron chi connectivity index (χ2n) is 5.30. The number of nitrogens with one attached hydrogen (secondary N) is 1. The molecule has 4 nitrogen and oxygen atoms in total. The highest BCUT2D eigenvalue weighted by molar-refractivity contribution is 6.29. The van der Waals surface area contributed by atoms with Crippen LogP contribution in [0.5, 0.6) is 0 Å². The van der Waals surface area contributed by atoms with Gasteiger partial charge < -0.3 is 10.2 Å². The fraction of sp³-hybridized carbons (Fsp3) is 0.571. The van der Waals surface area contributed by atoms with Gasteiger partial charge in [-0.15, -0.1) is 0 Å². The standard InChI is InChI=1S/C14H20ClN3O/c1-9-4-5-10(2)18(8-9)14(19)11-6-12(15)17-13(7-11)16-3/h6-7,9-10H,4-5,8H2,1-3H3,(H,16,17). The largest absolute Gasteiger partial charge is 0.373 e. The third kappa shape index (κ3) is 3.18. The molecule has 2 rings (SSSR count). The molecule has 2 heterocycles. The van der Waals surface area contributed by atoms with Crippen molar-refractivity contribution in [2.24, 2.45) is 5.92 Å². The van der Waals surface area contributed by atoms with E-state index in [0.29, 0.717) is 22.5 Å². The molecular weight excluding hydrogens is 262 g/mol. The smallest absolute Gasteiger partial charge is 0.254 e. The summed E-state index contributed by atoms with van der Waals surface area (Å²) in [5, 5.41) is 3.26. The molecule has 104 valence electrons. The van der Waals surface area contributed by atoms with Gasteiger partial charge in [0.05, 0.1) is 0 Å². The van der Waals surface area contributed by atoms with E-state index in [4.69, 9.17) is 11.6 Å². The van der Waals surface area contributed by atoms with Crippen molar-refractivity contribution in [2.45, 2.75) is 32.7 Å². The molecule has 0 saturated carbocycles. The average molecular weight is 282 g/mol. The second-order valence-corrected chi connectivity index (χ2v) is 5.69. The summed E-state index contributed by atoms with van der Waals surface area (Å²) >= 11 is 5.95. The molecular formula is C14H20ClN3O. The predicted octanol–water partition coefficient (Wildman–Crippen LogP) is 3.04. The Morgan fingerprint density at radius 1 is 1.42 bits per heavy atom. The third-order valence-electron chi connectivity index (χ3n) is 3.68. The van der Waals surface area contributed by atoms with Crippen LogP contribution in [0.3, 0.4) is 0 Å². The van der Waals surface area contributed by atoms with Crippen molar-refractivity contribution in [3.8, 4) is 0 Å². The number of hydrogen-bond donors (Lipinski definition) is 1. The molecule has 1 saturated heterocycles. The van der Waals surface area contributed by atoms with E-state index in [2.05, 4.69) is 24.1 Å². The summed E-state index contributed by atoms with van der Waals surface area (Å²) in [4.78, 5) is 18.6. The number of pyridine rings is 1. The Bertz CT molecular complexity index is 478. The normalized spacial score (nSPS) is 23.3. The van der Waals surface area contributed by atoms with Crippen molar-refractivity contribution in [3.05, 3.63) is 22.8 Å². The Hall–Kier alpha value is -1.29. The van der Waals surface area contributed by atoms with E-state index in [1.807, 2.05) is 4.90 Å². The molecule has 0 spiro atoms. The third-order valence-corrected chi connectivity index (χ3v) is 3.87. The van der Waals surface area contributed by atoms with E-state index in [1.165, 1.54) is 6.42 Å². The van der Waals surface area contributed by atoms with E-state index >= 15 is 0 Å². The number of amides is 1. The van der Waals surface area contributed by atoms with Gasteiger partial charge in [-0.1, -0.05) is 18.5 Å². The van der Waals surface area contributed by atoms with Gasteiger partial charge in [0.1, 0.15) is 11.0 Å². The molecule has 1 fully saturated rings. The number of aromatic nitrogens is 1. The zero-order valence-electron chi connectivity index (χ0n) is 11.6. The molecule has 19 heavy (non-hydrogen) atoms. The lowest BCUT2D eigenvalue weighted by Gasteiger charge is -2.36. The minimum Gasteiger partial charge on any atom is -0.373 e. The van der Waals surface area contributed by atoms with Gasteiger partial charge in [0.2, 0.25) is 0 Å². The van der Waals surface area contributed by atoms with Gasteiger partial charge in [0.25, 0.3) is 5.91 Å². The van der Waals surface area contributed by atoms with Crippen molar-refractivity contribution in [1.82, 2.24) is 9.88 Å². The maximum Gasteiger partial charge on any atom is 0.254 e. The highest BCUT2D eigenvalue weighted by Crippen LogP contribution is 2.24. The number of hydrogen-bond acceptors (Lipinski definition) is 3. The maximum atomic E-state index is 12.6. The van der Waals surface area contributed by atoms with E-state index in [1.54, 1.807) is 19.2 Å². The molecule has 1 aliphatic rings. The first-order valence-corrected chi connectivity index (χ1v) is 7.05. The summed E-state index contributed by atoms with van der Waals surface area (Å²) in [7, 11) is 1.76. The van der Waals surface area contributed by atoms with E-state index < -0.39 is 0 Å². The van der Waals surface area contributed by atoms with Gasteiger partial charge in [-0.05, 0) is 37.8 Å². The summed E-state index contributed by atoms with van der Waals surface area (Å²) in [5.74, 6) is 1.22. The lowest BCUT2D eigenvalue weighted by atomic mass is 9.94. The molecule has 5 heteroatoms. The lowest BCUT2D eigenvalue weighted by molar-refractivity contribution is 0.0574. The Morgan fingerprint density at radius 2 is 2.16 bits per heavy atom. The quantitative estimate of drug-likeness (QED) is 0.848. The van der Waals surface area contributed by atoms with Gasteiger partial charge in [-0.3, -0.25) is 4.79 Å². The minimum absolute atomic E-state index is 0.0415. The molecule has 1 aromatic heterocycles. The van der Waals surface area contributed by atoms with Crippen LogP contribution >= 0.6 is 11.6 Å². The van der Waals surface area contributed by atoms with Gasteiger partial charge in [-0.25, -0.2) is 4.98 Å². The van der Waals surface area contributed by atoms with Crippen LogP contribution in [0.4, 0.5) is 5.82 Å². The summed E-state index contributed by atoms with van der Waals surface area (Å²) in [6.45, 7) is 5.10. The topological polar surface area (TPSA) is 45.2 Å². The van der Waals surface area contributed by atoms with Gasteiger partial charge in [-0.2, -0.15) is 0 Å². The molecule has 1 aromatic rings. The molecule has 2 atom stereocenters. The number of halogens is 1. The summed E-state index contributed by atoms with van der Waals surface area (Å²) < 4.78 is 0. The Balaban J connectivity index is 2.25. The zero-order valence-corrected chi connectivity index (χ0v) is 12.4. The second kappa shape index (κ2) is 5.78. The van der Waals surface area contributed by atoms with Crippen LogP contribution in [0.15, 0.2) is 12.1 Å². The van der Waals surface area contributed by atoms with Crippen molar-refractivity contribution < 1.29 is 4.79 Å². The first kappa shape index (κ1) is 14.1. The number of carbonyl (C=O) groups excluding carboxylic acids is 1. The Morgan fingerprint density at radius 3 is 2.84 bits per heavy atom. The van der Waals surface area contributed by atoms with Crippen LogP contribution < -0.4 is 5.32 Å². The van der Waals surface area contributed by atoms with E-state index in [9.17, 15) is 4.79 Å². The van der Waals surface area contributed by atoms with Crippen LogP contribution in [0.1, 0.15) is 37.0 Å². The molecule has 2 unspecified atom stereocenters. The first-order valence-electron chi connectivity index (χ1n) is 6.67. The Labute approximate surface area is 119 Å².